The van der Waals surface area contributed by atoms with Crippen molar-refractivity contribution >= 4 is 27.2 Å². The van der Waals surface area contributed by atoms with Gasteiger partial charge >= 0.3 is 0 Å². The van der Waals surface area contributed by atoms with Gasteiger partial charge in [-0.05, 0) is 23.4 Å². The quantitative estimate of drug-likeness (QED) is 0.792. The number of hydrogen-bond donors (Lipinski definition) is 1. The van der Waals surface area contributed by atoms with Gasteiger partial charge in [-0.3, -0.25) is 4.98 Å². The van der Waals surface area contributed by atoms with Gasteiger partial charge in [0.1, 0.15) is 0 Å². The lowest BCUT2D eigenvalue weighted by atomic mass is 10.0. The second-order valence-corrected chi connectivity index (χ2v) is 5.58. The van der Waals surface area contributed by atoms with Crippen LogP contribution in [0.15, 0.2) is 36.7 Å². The molecule has 3 aromatic rings. The standard InChI is InChI=1S/C15H15N3S/c1-2-13-14(19-15(16)18-13)8-10-4-3-5-11-9-17-7-6-12(10)11/h3-7,9H,2,8H2,1H3,(H2,16,18). The molecular formula is C15H15N3S. The molecule has 2 N–H and O–H groups in total. The van der Waals surface area contributed by atoms with Crippen LogP contribution in [-0.2, 0) is 12.8 Å². The van der Waals surface area contributed by atoms with Crippen molar-refractivity contribution in [3.8, 4) is 0 Å². The zero-order valence-corrected chi connectivity index (χ0v) is 11.6. The lowest BCUT2D eigenvalue weighted by Gasteiger charge is -2.05. The maximum Gasteiger partial charge on any atom is 0.180 e. The lowest BCUT2D eigenvalue weighted by molar-refractivity contribution is 1.03. The van der Waals surface area contributed by atoms with Gasteiger partial charge in [-0.2, -0.15) is 0 Å². The average molecular weight is 269 g/mol. The van der Waals surface area contributed by atoms with Crippen LogP contribution < -0.4 is 5.73 Å². The number of rotatable bonds is 3. The van der Waals surface area contributed by atoms with E-state index < -0.39 is 0 Å². The van der Waals surface area contributed by atoms with E-state index in [9.17, 15) is 0 Å². The molecule has 3 nitrogen and oxygen atoms in total. The number of anilines is 1. The summed E-state index contributed by atoms with van der Waals surface area (Å²) in [6.07, 6.45) is 5.56. The molecule has 0 unspecified atom stereocenters. The first kappa shape index (κ1) is 12.1. The van der Waals surface area contributed by atoms with E-state index in [-0.39, 0.29) is 0 Å². The van der Waals surface area contributed by atoms with Crippen LogP contribution in [0.3, 0.4) is 0 Å². The molecule has 2 aromatic heterocycles. The Morgan fingerprint density at radius 2 is 2.16 bits per heavy atom. The van der Waals surface area contributed by atoms with E-state index in [0.29, 0.717) is 5.13 Å². The second-order valence-electron chi connectivity index (χ2n) is 4.47. The van der Waals surface area contributed by atoms with E-state index in [1.54, 1.807) is 11.3 Å². The van der Waals surface area contributed by atoms with Crippen molar-refractivity contribution in [2.24, 2.45) is 0 Å². The molecular weight excluding hydrogens is 254 g/mol. The average Bonchev–Trinajstić information content (AvgIpc) is 2.79. The van der Waals surface area contributed by atoms with Crippen LogP contribution in [0.1, 0.15) is 23.1 Å². The first-order chi connectivity index (χ1) is 9.28. The van der Waals surface area contributed by atoms with E-state index in [1.165, 1.54) is 21.2 Å². The summed E-state index contributed by atoms with van der Waals surface area (Å²) in [5.41, 5.74) is 8.24. The molecule has 0 amide bonds. The van der Waals surface area contributed by atoms with Gasteiger partial charge in [-0.1, -0.05) is 25.1 Å². The molecule has 4 heteroatoms. The molecule has 0 aliphatic rings. The maximum atomic E-state index is 5.82. The number of thiazole rings is 1. The fraction of sp³-hybridized carbons (Fsp3) is 0.200. The van der Waals surface area contributed by atoms with E-state index in [0.717, 1.165) is 18.5 Å². The molecule has 0 bridgehead atoms. The summed E-state index contributed by atoms with van der Waals surface area (Å²) in [7, 11) is 0. The number of hydrogen-bond acceptors (Lipinski definition) is 4. The van der Waals surface area contributed by atoms with Crippen LogP contribution in [-0.4, -0.2) is 9.97 Å². The second kappa shape index (κ2) is 4.97. The first-order valence-electron chi connectivity index (χ1n) is 6.33. The number of aromatic nitrogens is 2. The first-order valence-corrected chi connectivity index (χ1v) is 7.15. The predicted octanol–water partition coefficient (Wildman–Crippen LogP) is 3.43. The van der Waals surface area contributed by atoms with Crippen molar-refractivity contribution in [1.29, 1.82) is 0 Å². The highest BCUT2D eigenvalue weighted by molar-refractivity contribution is 7.15. The van der Waals surface area contributed by atoms with Crippen LogP contribution in [0.25, 0.3) is 10.8 Å². The SMILES string of the molecule is CCc1nc(N)sc1Cc1cccc2cnccc12. The summed E-state index contributed by atoms with van der Waals surface area (Å²) >= 11 is 1.59. The Bertz CT molecular complexity index is 713. The molecule has 0 aliphatic heterocycles. The van der Waals surface area contributed by atoms with Gasteiger partial charge in [0.25, 0.3) is 0 Å². The number of pyridine rings is 1. The topological polar surface area (TPSA) is 51.8 Å². The van der Waals surface area contributed by atoms with Gasteiger partial charge in [-0.15, -0.1) is 11.3 Å². The van der Waals surface area contributed by atoms with Crippen LogP contribution in [0, 0.1) is 0 Å². The van der Waals surface area contributed by atoms with Crippen molar-refractivity contribution < 1.29 is 0 Å². The Labute approximate surface area is 116 Å². The maximum absolute atomic E-state index is 5.82. The molecule has 19 heavy (non-hydrogen) atoms. The third-order valence-corrected chi connectivity index (χ3v) is 4.18. The Morgan fingerprint density at radius 1 is 1.26 bits per heavy atom. The monoisotopic (exact) mass is 269 g/mol. The number of fused-ring (bicyclic) bond motifs is 1. The van der Waals surface area contributed by atoms with Gasteiger partial charge < -0.3 is 5.73 Å². The molecule has 0 saturated heterocycles. The molecule has 96 valence electrons. The predicted molar refractivity (Wildman–Crippen MR) is 80.5 cm³/mol. The Morgan fingerprint density at radius 3 is 3.00 bits per heavy atom. The van der Waals surface area contributed by atoms with Crippen molar-refractivity contribution in [2.45, 2.75) is 19.8 Å². The third kappa shape index (κ3) is 2.31. The van der Waals surface area contributed by atoms with Crippen LogP contribution in [0.2, 0.25) is 0 Å². The fourth-order valence-corrected chi connectivity index (χ4v) is 3.28. The number of nitrogen functional groups attached to an aromatic ring is 1. The molecule has 0 fully saturated rings. The van der Waals surface area contributed by atoms with Gasteiger partial charge in [-0.25, -0.2) is 4.98 Å². The summed E-state index contributed by atoms with van der Waals surface area (Å²) in [4.78, 5) is 9.83. The molecule has 0 aliphatic carbocycles. The zero-order chi connectivity index (χ0) is 13.2. The van der Waals surface area contributed by atoms with Crippen molar-refractivity contribution in [3.05, 3.63) is 52.8 Å². The minimum atomic E-state index is 0.661. The van der Waals surface area contributed by atoms with E-state index in [1.807, 2.05) is 12.4 Å². The van der Waals surface area contributed by atoms with Crippen LogP contribution in [0.4, 0.5) is 5.13 Å². The number of aryl methyl sites for hydroxylation is 1. The Kier molecular flexibility index (Phi) is 3.17. The van der Waals surface area contributed by atoms with Crippen LogP contribution in [0.5, 0.6) is 0 Å². The van der Waals surface area contributed by atoms with E-state index in [4.69, 9.17) is 5.73 Å². The van der Waals surface area contributed by atoms with Crippen molar-refractivity contribution in [1.82, 2.24) is 9.97 Å². The van der Waals surface area contributed by atoms with Gasteiger partial charge in [0.2, 0.25) is 0 Å². The summed E-state index contributed by atoms with van der Waals surface area (Å²) in [5.74, 6) is 0. The fourth-order valence-electron chi connectivity index (χ4n) is 2.33. The highest BCUT2D eigenvalue weighted by Gasteiger charge is 2.10. The molecule has 3 rings (SSSR count). The number of nitrogens with zero attached hydrogens (tertiary/aromatic N) is 2. The minimum Gasteiger partial charge on any atom is -0.375 e. The number of nitrogens with two attached hydrogens (primary N) is 1. The van der Waals surface area contributed by atoms with Gasteiger partial charge in [0, 0.05) is 29.1 Å². The minimum absolute atomic E-state index is 0.661. The molecule has 0 atom stereocenters. The van der Waals surface area contributed by atoms with Gasteiger partial charge in [0.05, 0.1) is 5.69 Å². The highest BCUT2D eigenvalue weighted by atomic mass is 32.1. The van der Waals surface area contributed by atoms with E-state index in [2.05, 4.69) is 41.2 Å². The summed E-state index contributed by atoms with van der Waals surface area (Å²) in [5, 5.41) is 3.09. The molecule has 2 heterocycles. The largest absolute Gasteiger partial charge is 0.375 e. The van der Waals surface area contributed by atoms with Gasteiger partial charge in [0.15, 0.2) is 5.13 Å². The lowest BCUT2D eigenvalue weighted by Crippen LogP contribution is -1.92. The Balaban J connectivity index is 2.05. The number of benzene rings is 1. The zero-order valence-electron chi connectivity index (χ0n) is 10.8. The molecule has 1 aromatic carbocycles. The molecule has 0 radical (unpaired) electrons. The molecule has 0 spiro atoms. The van der Waals surface area contributed by atoms with Crippen LogP contribution >= 0.6 is 11.3 Å². The molecule has 0 saturated carbocycles. The Hall–Kier alpha value is -1.94. The normalized spacial score (nSPS) is 11.0. The summed E-state index contributed by atoms with van der Waals surface area (Å²) in [6.45, 7) is 2.12. The highest BCUT2D eigenvalue weighted by Crippen LogP contribution is 2.27. The summed E-state index contributed by atoms with van der Waals surface area (Å²) < 4.78 is 0. The smallest absolute Gasteiger partial charge is 0.180 e. The third-order valence-electron chi connectivity index (χ3n) is 3.25. The van der Waals surface area contributed by atoms with E-state index >= 15 is 0 Å². The summed E-state index contributed by atoms with van der Waals surface area (Å²) in [6, 6.07) is 8.40. The van der Waals surface area contributed by atoms with Crippen molar-refractivity contribution in [2.75, 3.05) is 5.73 Å². The van der Waals surface area contributed by atoms with Crippen molar-refractivity contribution in [3.63, 3.8) is 0 Å².